The Labute approximate surface area is 208 Å². The van der Waals surface area contributed by atoms with Crippen LogP contribution in [0.5, 0.6) is 11.5 Å². The number of hydrogen-bond donors (Lipinski definition) is 2. The monoisotopic (exact) mass is 517 g/mol. The van der Waals surface area contributed by atoms with Gasteiger partial charge in [-0.05, 0) is 42.3 Å². The fourth-order valence-electron chi connectivity index (χ4n) is 3.86. The van der Waals surface area contributed by atoms with Gasteiger partial charge < -0.3 is 4.74 Å². The normalized spacial score (nSPS) is 17.8. The molecular weight excluding hydrogens is 499 g/mol. The lowest BCUT2D eigenvalue weighted by atomic mass is 9.90. The van der Waals surface area contributed by atoms with Crippen LogP contribution >= 0.6 is 11.6 Å². The molecule has 1 aliphatic rings. The summed E-state index contributed by atoms with van der Waals surface area (Å²) < 4.78 is 48.4. The zero-order valence-corrected chi connectivity index (χ0v) is 19.5. The van der Waals surface area contributed by atoms with Crippen LogP contribution < -0.4 is 21.1 Å². The van der Waals surface area contributed by atoms with Crippen molar-refractivity contribution in [1.82, 2.24) is 20.4 Å². The summed E-state index contributed by atoms with van der Waals surface area (Å²) in [5.41, 5.74) is 4.25. The Bertz CT molecular complexity index is 1400. The maximum atomic E-state index is 14.3. The van der Waals surface area contributed by atoms with E-state index < -0.39 is 40.7 Å². The lowest BCUT2D eigenvalue weighted by Gasteiger charge is -2.30. The summed E-state index contributed by atoms with van der Waals surface area (Å²) in [4.78, 5) is 29.3. The molecule has 2 heterocycles. The quantitative estimate of drug-likeness (QED) is 0.512. The van der Waals surface area contributed by atoms with E-state index in [0.717, 1.165) is 10.9 Å². The average Bonchev–Trinajstić information content (AvgIpc) is 2.82. The number of halogens is 4. The summed E-state index contributed by atoms with van der Waals surface area (Å²) in [7, 11) is 0. The fourth-order valence-corrected chi connectivity index (χ4v) is 4.09. The van der Waals surface area contributed by atoms with E-state index in [-0.39, 0.29) is 35.2 Å². The Morgan fingerprint density at radius 3 is 2.64 bits per heavy atom. The zero-order valence-electron chi connectivity index (χ0n) is 18.8. The van der Waals surface area contributed by atoms with Crippen molar-refractivity contribution in [3.05, 3.63) is 86.8 Å². The van der Waals surface area contributed by atoms with Crippen LogP contribution in [0.2, 0.25) is 5.02 Å². The molecule has 1 fully saturated rings. The minimum atomic E-state index is -3.51. The van der Waals surface area contributed by atoms with Gasteiger partial charge in [-0.25, -0.2) is 14.8 Å². The number of aromatic nitrogens is 2. The zero-order chi connectivity index (χ0) is 26.0. The molecule has 0 aliphatic carbocycles. The number of hydrazine groups is 1. The van der Waals surface area contributed by atoms with Gasteiger partial charge in [0.1, 0.15) is 11.6 Å². The molecule has 0 bridgehead atoms. The van der Waals surface area contributed by atoms with Gasteiger partial charge in [0.05, 0.1) is 23.9 Å². The Morgan fingerprint density at radius 2 is 1.97 bits per heavy atom. The van der Waals surface area contributed by atoms with Gasteiger partial charge in [0.2, 0.25) is 11.7 Å². The smallest absolute Gasteiger partial charge is 0.296 e. The lowest BCUT2D eigenvalue weighted by Crippen LogP contribution is -2.54. The lowest BCUT2D eigenvalue weighted by molar-refractivity contribution is -0.126. The third-order valence-electron chi connectivity index (χ3n) is 5.56. The van der Waals surface area contributed by atoms with Gasteiger partial charge in [0.25, 0.3) is 11.5 Å². The second-order valence-electron chi connectivity index (χ2n) is 8.33. The summed E-state index contributed by atoms with van der Waals surface area (Å²) in [6.45, 7) is 0.533. The Kier molecular flexibility index (Phi) is 7.01. The van der Waals surface area contributed by atoms with Crippen LogP contribution in [0.3, 0.4) is 0 Å². The molecular formula is C24H19ClF3N5O3. The Morgan fingerprint density at radius 1 is 1.25 bits per heavy atom. The molecule has 12 heteroatoms. The summed E-state index contributed by atoms with van der Waals surface area (Å²) >= 11 is 5.97. The summed E-state index contributed by atoms with van der Waals surface area (Å²) in [5, 5.41) is 9.25. The summed E-state index contributed by atoms with van der Waals surface area (Å²) in [5.74, 6) is -5.69. The molecule has 36 heavy (non-hydrogen) atoms. The minimum absolute atomic E-state index is 0.0469. The maximum absolute atomic E-state index is 14.3. The van der Waals surface area contributed by atoms with Gasteiger partial charge in [-0.1, -0.05) is 23.7 Å². The van der Waals surface area contributed by atoms with Crippen molar-refractivity contribution < 1.29 is 22.7 Å². The van der Waals surface area contributed by atoms with Gasteiger partial charge in [-0.3, -0.25) is 19.6 Å². The van der Waals surface area contributed by atoms with Crippen LogP contribution in [-0.2, 0) is 17.3 Å². The highest BCUT2D eigenvalue weighted by molar-refractivity contribution is 6.30. The molecule has 2 atom stereocenters. The largest absolute Gasteiger partial charge is 0.449 e. The average molecular weight is 518 g/mol. The van der Waals surface area contributed by atoms with Gasteiger partial charge in [0.15, 0.2) is 5.69 Å². The number of nitrogens with one attached hydrogen (secondary N) is 2. The number of amides is 1. The van der Waals surface area contributed by atoms with E-state index in [1.807, 2.05) is 6.07 Å². The molecule has 1 saturated heterocycles. The molecule has 186 valence electrons. The first-order valence-corrected chi connectivity index (χ1v) is 11.1. The number of ether oxygens (including phenoxy) is 1. The molecule has 1 amide bonds. The first-order valence-electron chi connectivity index (χ1n) is 10.7. The molecule has 1 aliphatic heterocycles. The van der Waals surface area contributed by atoms with E-state index in [1.54, 1.807) is 0 Å². The first-order chi connectivity index (χ1) is 17.0. The predicted octanol–water partition coefficient (Wildman–Crippen LogP) is 3.99. The van der Waals surface area contributed by atoms with Gasteiger partial charge >= 0.3 is 0 Å². The van der Waals surface area contributed by atoms with E-state index in [1.165, 1.54) is 42.5 Å². The van der Waals surface area contributed by atoms with Crippen LogP contribution in [0.1, 0.15) is 36.1 Å². The summed E-state index contributed by atoms with van der Waals surface area (Å²) in [6.07, 6.45) is 1.22. The molecule has 2 unspecified atom stereocenters. The number of hydrogen-bond acceptors (Lipinski definition) is 6. The molecule has 8 nitrogen and oxygen atoms in total. The second-order valence-corrected chi connectivity index (χ2v) is 8.76. The summed E-state index contributed by atoms with van der Waals surface area (Å²) in [6, 6.07) is 10.8. The standard InChI is InChI=1S/C24H19ClF3N5O3/c1-24(27,28)21-20(36-18-7-13(10-29)6-15(25)8-18)23(35)33(12-30-21)11-17-9-19(22(34)32-31-17)14-2-4-16(26)5-3-14/h2-8,12,17,19,31H,9,11H2,1H3,(H,32,34). The van der Waals surface area contributed by atoms with E-state index >= 15 is 0 Å². The van der Waals surface area contributed by atoms with E-state index in [9.17, 15) is 22.8 Å². The SMILES string of the molecule is CC(F)(F)c1ncn(CC2CC(c3ccc(F)cc3)C(=O)NN2)c(=O)c1Oc1cc(Cl)cc(C#N)c1. The molecule has 1 aromatic heterocycles. The molecule has 3 aromatic rings. The number of carbonyl (C=O) groups is 1. The van der Waals surface area contributed by atoms with Crippen molar-refractivity contribution in [3.63, 3.8) is 0 Å². The Hall–Kier alpha value is -3.88. The van der Waals surface area contributed by atoms with Crippen molar-refractivity contribution in [1.29, 1.82) is 5.26 Å². The number of benzene rings is 2. The number of nitriles is 1. The highest BCUT2D eigenvalue weighted by Gasteiger charge is 2.35. The van der Waals surface area contributed by atoms with Crippen LogP contribution in [0.15, 0.2) is 53.6 Å². The fraction of sp³-hybridized carbons (Fsp3) is 0.250. The Balaban J connectivity index is 1.65. The third-order valence-corrected chi connectivity index (χ3v) is 5.78. The first kappa shape index (κ1) is 25.2. The topological polar surface area (TPSA) is 109 Å². The third kappa shape index (κ3) is 5.50. The minimum Gasteiger partial charge on any atom is -0.449 e. The molecule has 2 aromatic carbocycles. The van der Waals surface area contributed by atoms with Crippen molar-refractivity contribution in [2.75, 3.05) is 0 Å². The van der Waals surface area contributed by atoms with Gasteiger partial charge in [-0.15, -0.1) is 0 Å². The second kappa shape index (κ2) is 10.0. The number of nitrogens with zero attached hydrogens (tertiary/aromatic N) is 3. The number of rotatable bonds is 6. The van der Waals surface area contributed by atoms with Crippen molar-refractivity contribution in [2.24, 2.45) is 0 Å². The van der Waals surface area contributed by atoms with Crippen LogP contribution in [0.4, 0.5) is 13.2 Å². The maximum Gasteiger partial charge on any atom is 0.296 e. The van der Waals surface area contributed by atoms with E-state index in [0.29, 0.717) is 12.5 Å². The van der Waals surface area contributed by atoms with Crippen molar-refractivity contribution in [3.8, 4) is 17.6 Å². The van der Waals surface area contributed by atoms with Crippen molar-refractivity contribution in [2.45, 2.75) is 37.8 Å². The highest BCUT2D eigenvalue weighted by Crippen LogP contribution is 2.34. The number of carbonyl (C=O) groups excluding carboxylic acids is 1. The molecule has 0 saturated carbocycles. The van der Waals surface area contributed by atoms with Gasteiger partial charge in [0, 0.05) is 24.5 Å². The predicted molar refractivity (Wildman–Crippen MR) is 123 cm³/mol. The molecule has 0 radical (unpaired) electrons. The van der Waals surface area contributed by atoms with E-state index in [4.69, 9.17) is 21.6 Å². The van der Waals surface area contributed by atoms with Crippen molar-refractivity contribution >= 4 is 17.5 Å². The number of alkyl halides is 2. The van der Waals surface area contributed by atoms with E-state index in [2.05, 4.69) is 15.8 Å². The highest BCUT2D eigenvalue weighted by atomic mass is 35.5. The molecule has 2 N–H and O–H groups in total. The van der Waals surface area contributed by atoms with Crippen LogP contribution in [0, 0.1) is 17.1 Å². The van der Waals surface area contributed by atoms with Gasteiger partial charge in [-0.2, -0.15) is 14.0 Å². The molecule has 0 spiro atoms. The van der Waals surface area contributed by atoms with Crippen LogP contribution in [-0.4, -0.2) is 21.5 Å². The molecule has 4 rings (SSSR count). The van der Waals surface area contributed by atoms with Crippen LogP contribution in [0.25, 0.3) is 0 Å².